The molecule has 46 heavy (non-hydrogen) atoms. The first-order valence-corrected chi connectivity index (χ1v) is 16.7. The van der Waals surface area contributed by atoms with Crippen molar-refractivity contribution in [1.82, 2.24) is 9.38 Å². The van der Waals surface area contributed by atoms with Gasteiger partial charge in [0.2, 0.25) is 0 Å². The summed E-state index contributed by atoms with van der Waals surface area (Å²) in [6, 6.07) is 4.63. The van der Waals surface area contributed by atoms with E-state index in [9.17, 15) is 0 Å². The molecular formula is C42H38N4. The second-order valence-corrected chi connectivity index (χ2v) is 13.5. The number of dihydropyridines is 1. The highest BCUT2D eigenvalue weighted by atomic mass is 15.1. The number of pyridine rings is 1. The number of benzene rings is 1. The zero-order valence-electron chi connectivity index (χ0n) is 26.8. The number of fused-ring (bicyclic) bond motifs is 12. The number of aliphatic imine (C=N–C) groups is 2. The van der Waals surface area contributed by atoms with Crippen LogP contribution in [-0.2, 0) is 6.42 Å². The van der Waals surface area contributed by atoms with Crippen molar-refractivity contribution in [2.45, 2.75) is 56.9 Å². The van der Waals surface area contributed by atoms with Gasteiger partial charge in [0.25, 0.3) is 0 Å². The summed E-state index contributed by atoms with van der Waals surface area (Å²) in [5.74, 6) is 1.16. The standard InChI is InChI=1S/C42H38N4/c1-6-26-15-18-29(30-19-16-27-12-7-10-23(2)35(27)37(26)30)28-17-20-31-33(22-28)36-24(3)11-8-14-34(36)46-41-32-13-9-21-44-40(32)38(43-5)25(4)39(41)45-42(31)46/h6-10,13-21,24,27-28,32,40H,2,4,11-12,22H2,1,3,5H3/b26-6-,43-38+/t24-,27?,28?,32?,40?/m1/s1. The molecule has 4 heteroatoms. The molecule has 2 aromatic heterocycles. The molecule has 226 valence electrons. The zero-order valence-corrected chi connectivity index (χ0v) is 26.8. The van der Waals surface area contributed by atoms with E-state index in [1.807, 2.05) is 13.3 Å². The van der Waals surface area contributed by atoms with E-state index in [-0.39, 0.29) is 17.9 Å². The van der Waals surface area contributed by atoms with E-state index >= 15 is 0 Å². The van der Waals surface area contributed by atoms with Crippen molar-refractivity contribution in [1.29, 1.82) is 0 Å². The highest BCUT2D eigenvalue weighted by Gasteiger charge is 2.41. The van der Waals surface area contributed by atoms with Crippen LogP contribution in [0, 0.1) is 5.92 Å². The number of rotatable bonds is 1. The van der Waals surface area contributed by atoms with Gasteiger partial charge in [0, 0.05) is 42.2 Å². The molecule has 0 N–H and O–H groups in total. The van der Waals surface area contributed by atoms with Gasteiger partial charge in [-0.1, -0.05) is 86.9 Å². The molecule has 0 saturated heterocycles. The summed E-state index contributed by atoms with van der Waals surface area (Å²) in [6.45, 7) is 13.5. The Hall–Kier alpha value is -4.83. The van der Waals surface area contributed by atoms with E-state index < -0.39 is 0 Å². The SMILES string of the molecule is C=C1C=CCC2C=Cc3c(C4C=Cc5c(c6c(n7c8c(nc57)C(=C)/C(=N\C)C5N=CC=CC85)C=CC[C@H]6C)C4)cc/c(=C/C)c3=C12. The van der Waals surface area contributed by atoms with Gasteiger partial charge < -0.3 is 0 Å². The summed E-state index contributed by atoms with van der Waals surface area (Å²) >= 11 is 0. The van der Waals surface area contributed by atoms with Crippen LogP contribution in [0.1, 0.15) is 89.3 Å². The summed E-state index contributed by atoms with van der Waals surface area (Å²) in [4.78, 5) is 14.9. The molecule has 0 bridgehead atoms. The lowest BCUT2D eigenvalue weighted by Gasteiger charge is -2.33. The van der Waals surface area contributed by atoms with Crippen molar-refractivity contribution in [2.75, 3.05) is 7.05 Å². The van der Waals surface area contributed by atoms with Gasteiger partial charge in [-0.15, -0.1) is 0 Å². The van der Waals surface area contributed by atoms with Gasteiger partial charge in [-0.05, 0) is 88.1 Å². The Morgan fingerprint density at radius 3 is 2.65 bits per heavy atom. The molecule has 0 saturated carbocycles. The predicted octanol–water partition coefficient (Wildman–Crippen LogP) is 7.51. The highest BCUT2D eigenvalue weighted by molar-refractivity contribution is 6.28. The first-order chi connectivity index (χ1) is 22.5. The lowest BCUT2D eigenvalue weighted by molar-refractivity contribution is 0.693. The van der Waals surface area contributed by atoms with Gasteiger partial charge in [0.1, 0.15) is 11.7 Å². The van der Waals surface area contributed by atoms with Crippen LogP contribution in [0.2, 0.25) is 0 Å². The first-order valence-electron chi connectivity index (χ1n) is 16.7. The Bertz CT molecular complexity index is 2270. The average Bonchev–Trinajstić information content (AvgIpc) is 3.50. The third-order valence-corrected chi connectivity index (χ3v) is 11.1. The normalized spacial score (nSPS) is 28.0. The molecule has 1 aromatic carbocycles. The van der Waals surface area contributed by atoms with Gasteiger partial charge in [-0.2, -0.15) is 0 Å². The fraction of sp³-hybridized carbons (Fsp3) is 0.262. The van der Waals surface area contributed by atoms with Crippen LogP contribution in [0.4, 0.5) is 0 Å². The minimum absolute atomic E-state index is 0.0673. The number of imidazole rings is 1. The maximum Gasteiger partial charge on any atom is 0.145 e. The zero-order chi connectivity index (χ0) is 31.3. The molecule has 0 spiro atoms. The lowest BCUT2D eigenvalue weighted by atomic mass is 9.74. The van der Waals surface area contributed by atoms with Crippen molar-refractivity contribution in [3.63, 3.8) is 0 Å². The van der Waals surface area contributed by atoms with Crippen molar-refractivity contribution in [2.24, 2.45) is 15.9 Å². The van der Waals surface area contributed by atoms with Crippen molar-refractivity contribution < 1.29 is 0 Å². The molecule has 3 heterocycles. The number of hydrogen-bond acceptors (Lipinski definition) is 3. The summed E-state index contributed by atoms with van der Waals surface area (Å²) in [6.07, 6.45) is 30.3. The van der Waals surface area contributed by atoms with E-state index in [0.717, 1.165) is 47.5 Å². The van der Waals surface area contributed by atoms with E-state index in [1.54, 1.807) is 0 Å². The summed E-state index contributed by atoms with van der Waals surface area (Å²) in [7, 11) is 1.85. The van der Waals surface area contributed by atoms with E-state index in [0.29, 0.717) is 11.8 Å². The van der Waals surface area contributed by atoms with E-state index in [1.165, 1.54) is 55.2 Å². The molecule has 5 atom stereocenters. The monoisotopic (exact) mass is 598 g/mol. The molecule has 5 aliphatic carbocycles. The maximum absolute atomic E-state index is 5.39. The summed E-state index contributed by atoms with van der Waals surface area (Å²) in [5.41, 5.74) is 15.7. The van der Waals surface area contributed by atoms with Crippen LogP contribution in [0.15, 0.2) is 83.4 Å². The van der Waals surface area contributed by atoms with E-state index in [2.05, 4.69) is 115 Å². The minimum atomic E-state index is -0.0673. The predicted molar refractivity (Wildman–Crippen MR) is 194 cm³/mol. The van der Waals surface area contributed by atoms with Crippen LogP contribution < -0.4 is 10.4 Å². The van der Waals surface area contributed by atoms with Crippen molar-refractivity contribution >= 4 is 53.0 Å². The second kappa shape index (κ2) is 10.1. The largest absolute Gasteiger partial charge is 0.295 e. The molecule has 0 amide bonds. The topological polar surface area (TPSA) is 42.0 Å². The smallest absolute Gasteiger partial charge is 0.145 e. The van der Waals surface area contributed by atoms with Gasteiger partial charge in [-0.25, -0.2) is 4.98 Å². The maximum atomic E-state index is 5.39. The van der Waals surface area contributed by atoms with Crippen LogP contribution in [0.25, 0.3) is 41.1 Å². The van der Waals surface area contributed by atoms with Gasteiger partial charge in [0.05, 0.1) is 22.8 Å². The highest BCUT2D eigenvalue weighted by Crippen LogP contribution is 2.47. The number of nitrogens with zero attached hydrogens (tertiary/aromatic N) is 4. The third kappa shape index (κ3) is 3.64. The van der Waals surface area contributed by atoms with Crippen LogP contribution in [-0.4, -0.2) is 34.4 Å². The van der Waals surface area contributed by atoms with Crippen LogP contribution in [0.5, 0.6) is 0 Å². The fourth-order valence-electron chi connectivity index (χ4n) is 9.06. The average molecular weight is 599 g/mol. The van der Waals surface area contributed by atoms with Gasteiger partial charge >= 0.3 is 0 Å². The Labute approximate surface area is 270 Å². The molecule has 0 fully saturated rings. The number of allylic oxidation sites excluding steroid dienone is 7. The third-order valence-electron chi connectivity index (χ3n) is 11.1. The summed E-state index contributed by atoms with van der Waals surface area (Å²) < 4.78 is 2.44. The fourth-order valence-corrected chi connectivity index (χ4v) is 9.06. The molecule has 3 aromatic rings. The second-order valence-electron chi connectivity index (χ2n) is 13.5. The molecule has 0 radical (unpaired) electrons. The molecule has 9 rings (SSSR count). The molecular weight excluding hydrogens is 560 g/mol. The minimum Gasteiger partial charge on any atom is -0.295 e. The Morgan fingerprint density at radius 2 is 1.80 bits per heavy atom. The first kappa shape index (κ1) is 27.5. The Kier molecular flexibility index (Phi) is 6.02. The number of hydrogen-bond donors (Lipinski definition) is 0. The van der Waals surface area contributed by atoms with Gasteiger partial charge in [-0.3, -0.25) is 14.4 Å². The Morgan fingerprint density at radius 1 is 0.978 bits per heavy atom. The van der Waals surface area contributed by atoms with Crippen LogP contribution >= 0.6 is 0 Å². The molecule has 4 unspecified atom stereocenters. The number of aromatic nitrogens is 2. The van der Waals surface area contributed by atoms with E-state index in [4.69, 9.17) is 9.98 Å². The summed E-state index contributed by atoms with van der Waals surface area (Å²) in [5, 5.41) is 2.68. The van der Waals surface area contributed by atoms with Crippen molar-refractivity contribution in [3.05, 3.63) is 129 Å². The Balaban J connectivity index is 1.27. The van der Waals surface area contributed by atoms with Crippen LogP contribution in [0.3, 0.4) is 0 Å². The van der Waals surface area contributed by atoms with Gasteiger partial charge in [0.15, 0.2) is 0 Å². The van der Waals surface area contributed by atoms with Crippen molar-refractivity contribution in [3.8, 4) is 0 Å². The quantitative estimate of drug-likeness (QED) is 0.286. The molecule has 4 nitrogen and oxygen atoms in total. The molecule has 6 aliphatic rings. The lowest BCUT2D eigenvalue weighted by Crippen LogP contribution is -2.36. The molecule has 1 aliphatic heterocycles.